The van der Waals surface area contributed by atoms with E-state index in [1.807, 2.05) is 48.5 Å². The quantitative estimate of drug-likeness (QED) is 0.504. The van der Waals surface area contributed by atoms with Crippen LogP contribution in [0.5, 0.6) is 0 Å². The van der Waals surface area contributed by atoms with Crippen LogP contribution in [0.2, 0.25) is 0 Å². The van der Waals surface area contributed by atoms with Gasteiger partial charge in [-0.15, -0.1) is 0 Å². The lowest BCUT2D eigenvalue weighted by molar-refractivity contribution is -0.167. The highest BCUT2D eigenvalue weighted by Crippen LogP contribution is 2.44. The van der Waals surface area contributed by atoms with Crippen LogP contribution in [0.15, 0.2) is 72.8 Å². The predicted octanol–water partition coefficient (Wildman–Crippen LogP) is 6.20. The minimum atomic E-state index is -1.29. The molecule has 0 heterocycles. The molecular formula is C28H32O3. The van der Waals surface area contributed by atoms with Crippen LogP contribution in [-0.4, -0.2) is 17.2 Å². The second-order valence-electron chi connectivity index (χ2n) is 9.56. The molecule has 31 heavy (non-hydrogen) atoms. The van der Waals surface area contributed by atoms with Gasteiger partial charge in [-0.2, -0.15) is 0 Å². The van der Waals surface area contributed by atoms with Crippen LogP contribution in [-0.2, 0) is 14.9 Å². The van der Waals surface area contributed by atoms with Gasteiger partial charge >= 0.3 is 5.97 Å². The van der Waals surface area contributed by atoms with E-state index in [1.54, 1.807) is 0 Å². The molecule has 3 aromatic rings. The van der Waals surface area contributed by atoms with E-state index in [-0.39, 0.29) is 17.4 Å². The Labute approximate surface area is 185 Å². The maximum atomic E-state index is 13.1. The van der Waals surface area contributed by atoms with Gasteiger partial charge in [-0.3, -0.25) is 0 Å². The summed E-state index contributed by atoms with van der Waals surface area (Å²) in [5, 5.41) is 12.8. The largest absolute Gasteiger partial charge is 0.460 e. The van der Waals surface area contributed by atoms with Crippen molar-refractivity contribution in [3.63, 3.8) is 0 Å². The van der Waals surface area contributed by atoms with Crippen LogP contribution >= 0.6 is 0 Å². The van der Waals surface area contributed by atoms with Crippen molar-refractivity contribution in [3.8, 4) is 0 Å². The van der Waals surface area contributed by atoms with Crippen LogP contribution in [0.1, 0.15) is 57.3 Å². The number of rotatable bonds is 5. The molecule has 4 rings (SSSR count). The molecule has 0 spiro atoms. The third kappa shape index (κ3) is 4.38. The Morgan fingerprint density at radius 2 is 1.65 bits per heavy atom. The van der Waals surface area contributed by atoms with Crippen molar-refractivity contribution in [3.05, 3.63) is 83.9 Å². The van der Waals surface area contributed by atoms with Crippen molar-refractivity contribution in [2.75, 3.05) is 0 Å². The van der Waals surface area contributed by atoms with E-state index in [4.69, 9.17) is 4.74 Å². The summed E-state index contributed by atoms with van der Waals surface area (Å²) in [5.74, 6) is 0.148. The summed E-state index contributed by atoms with van der Waals surface area (Å²) in [6.45, 7) is 6.70. The molecule has 0 aromatic heterocycles. The predicted molar refractivity (Wildman–Crippen MR) is 125 cm³/mol. The minimum absolute atomic E-state index is 0.128. The zero-order valence-electron chi connectivity index (χ0n) is 18.6. The number of carbonyl (C=O) groups excluding carboxylic acids is 1. The molecule has 3 heteroatoms. The monoisotopic (exact) mass is 416 g/mol. The van der Waals surface area contributed by atoms with Gasteiger partial charge in [-0.25, -0.2) is 4.79 Å². The van der Waals surface area contributed by atoms with Crippen LogP contribution in [0.25, 0.3) is 10.8 Å². The van der Waals surface area contributed by atoms with E-state index in [9.17, 15) is 9.90 Å². The molecular weight excluding hydrogens is 384 g/mol. The van der Waals surface area contributed by atoms with Gasteiger partial charge in [-0.1, -0.05) is 100.0 Å². The average molecular weight is 417 g/mol. The lowest BCUT2D eigenvalue weighted by Crippen LogP contribution is -2.44. The van der Waals surface area contributed by atoms with E-state index in [1.165, 1.54) is 5.56 Å². The third-order valence-corrected chi connectivity index (χ3v) is 7.11. The molecule has 0 saturated heterocycles. The van der Waals surface area contributed by atoms with Gasteiger partial charge in [0.05, 0.1) is 0 Å². The summed E-state index contributed by atoms with van der Waals surface area (Å²) in [6, 6.07) is 23.9. The lowest BCUT2D eigenvalue weighted by atomic mass is 9.64. The molecule has 0 bridgehead atoms. The number of benzene rings is 3. The molecule has 3 nitrogen and oxygen atoms in total. The molecule has 3 aromatic carbocycles. The molecule has 0 radical (unpaired) electrons. The first-order valence-electron chi connectivity index (χ1n) is 11.3. The first-order valence-corrected chi connectivity index (χ1v) is 11.3. The Morgan fingerprint density at radius 3 is 2.42 bits per heavy atom. The Hall–Kier alpha value is -2.65. The lowest BCUT2D eigenvalue weighted by Gasteiger charge is -2.44. The molecule has 1 aliphatic carbocycles. The molecule has 0 aliphatic heterocycles. The van der Waals surface area contributed by atoms with Gasteiger partial charge in [0.15, 0.2) is 6.10 Å². The van der Waals surface area contributed by atoms with Crippen LogP contribution < -0.4 is 0 Å². The van der Waals surface area contributed by atoms with Crippen LogP contribution in [0, 0.1) is 11.8 Å². The fourth-order valence-electron chi connectivity index (χ4n) is 5.20. The van der Waals surface area contributed by atoms with Crippen molar-refractivity contribution < 1.29 is 14.6 Å². The van der Waals surface area contributed by atoms with Gasteiger partial charge < -0.3 is 9.84 Å². The van der Waals surface area contributed by atoms with Crippen molar-refractivity contribution in [2.45, 2.75) is 57.7 Å². The summed E-state index contributed by atoms with van der Waals surface area (Å²) >= 11 is 0. The van der Waals surface area contributed by atoms with Gasteiger partial charge in [0.25, 0.3) is 0 Å². The minimum Gasteiger partial charge on any atom is -0.460 e. The number of aliphatic hydroxyl groups is 1. The van der Waals surface area contributed by atoms with E-state index in [0.29, 0.717) is 11.5 Å². The topological polar surface area (TPSA) is 46.5 Å². The number of hydrogen-bond donors (Lipinski definition) is 1. The normalized spacial score (nSPS) is 22.8. The number of aliphatic hydroxyl groups excluding tert-OH is 1. The fraction of sp³-hybridized carbons (Fsp3) is 0.393. The molecule has 162 valence electrons. The fourth-order valence-corrected chi connectivity index (χ4v) is 5.20. The van der Waals surface area contributed by atoms with Crippen molar-refractivity contribution in [2.24, 2.45) is 11.8 Å². The zero-order valence-corrected chi connectivity index (χ0v) is 18.6. The molecule has 0 amide bonds. The molecule has 1 N–H and O–H groups in total. The van der Waals surface area contributed by atoms with E-state index >= 15 is 0 Å². The Bertz CT molecular complexity index is 1040. The highest BCUT2D eigenvalue weighted by atomic mass is 16.6. The second kappa shape index (κ2) is 8.84. The first kappa shape index (κ1) is 21.6. The Kier molecular flexibility index (Phi) is 6.15. The van der Waals surface area contributed by atoms with Crippen molar-refractivity contribution in [1.82, 2.24) is 0 Å². The SMILES string of the molecule is C[C@@H]1CC[C@@H](C(C)(C)c2ccccc2)[C@H](OC(=O)[C@@H](O)c2cccc3ccccc23)C1. The van der Waals surface area contributed by atoms with E-state index in [2.05, 4.69) is 45.0 Å². The summed E-state index contributed by atoms with van der Waals surface area (Å²) in [6.07, 6.45) is 1.46. The van der Waals surface area contributed by atoms with Crippen LogP contribution in [0.4, 0.5) is 0 Å². The first-order chi connectivity index (χ1) is 14.9. The maximum absolute atomic E-state index is 13.1. The third-order valence-electron chi connectivity index (χ3n) is 7.11. The zero-order chi connectivity index (χ0) is 22.0. The standard InChI is InChI=1S/C28H32O3/c1-19-16-17-24(28(2,3)21-12-5-4-6-13-21)25(18-19)31-27(30)26(29)23-15-9-11-20-10-7-8-14-22(20)23/h4-15,19,24-26,29H,16-18H2,1-3H3/t19-,24-,25-,26+/m1/s1. The number of carbonyl (C=O) groups is 1. The summed E-state index contributed by atoms with van der Waals surface area (Å²) in [4.78, 5) is 13.1. The smallest absolute Gasteiger partial charge is 0.339 e. The van der Waals surface area contributed by atoms with Gasteiger partial charge in [0.1, 0.15) is 6.10 Å². The molecule has 1 aliphatic rings. The Morgan fingerprint density at radius 1 is 0.968 bits per heavy atom. The highest BCUT2D eigenvalue weighted by molar-refractivity contribution is 5.90. The van der Waals surface area contributed by atoms with Gasteiger partial charge in [0.2, 0.25) is 0 Å². The molecule has 4 atom stereocenters. The molecule has 0 unspecified atom stereocenters. The maximum Gasteiger partial charge on any atom is 0.339 e. The number of hydrogen-bond acceptors (Lipinski definition) is 3. The highest BCUT2D eigenvalue weighted by Gasteiger charge is 2.42. The van der Waals surface area contributed by atoms with Gasteiger partial charge in [-0.05, 0) is 46.1 Å². The van der Waals surface area contributed by atoms with E-state index in [0.717, 1.165) is 30.0 Å². The average Bonchev–Trinajstić information content (AvgIpc) is 2.78. The van der Waals surface area contributed by atoms with E-state index < -0.39 is 12.1 Å². The summed E-state index contributed by atoms with van der Waals surface area (Å²) in [7, 11) is 0. The summed E-state index contributed by atoms with van der Waals surface area (Å²) < 4.78 is 6.06. The van der Waals surface area contributed by atoms with Crippen molar-refractivity contribution >= 4 is 16.7 Å². The van der Waals surface area contributed by atoms with Gasteiger partial charge in [0, 0.05) is 5.92 Å². The summed E-state index contributed by atoms with van der Waals surface area (Å²) in [5.41, 5.74) is 1.73. The number of fused-ring (bicyclic) bond motifs is 1. The number of ether oxygens (including phenoxy) is 1. The molecule has 1 saturated carbocycles. The van der Waals surface area contributed by atoms with Crippen molar-refractivity contribution in [1.29, 1.82) is 0 Å². The molecule has 1 fully saturated rings. The Balaban J connectivity index is 1.58. The number of esters is 1. The van der Waals surface area contributed by atoms with Crippen LogP contribution in [0.3, 0.4) is 0 Å². The second-order valence-corrected chi connectivity index (χ2v) is 9.56.